The van der Waals surface area contributed by atoms with Gasteiger partial charge in [0, 0.05) is 21.1 Å². The van der Waals surface area contributed by atoms with Crippen LogP contribution in [0.15, 0.2) is 61.2 Å². The molecule has 0 atom stereocenters. The Hall–Kier alpha value is -2.02. The van der Waals surface area contributed by atoms with Crippen LogP contribution in [0.4, 0.5) is 5.69 Å². The standard InChI is InChI=1S/C15H8Br2N2O4S/c16-11-4-5-14(17)15(8-11)24(22,23)13(9-18)7-10-2-1-3-12(6-10)19(20)21/h1-8H/b13-7+. The summed E-state index contributed by atoms with van der Waals surface area (Å²) < 4.78 is 26.2. The van der Waals surface area contributed by atoms with Crippen LogP contribution in [0, 0.1) is 21.4 Å². The van der Waals surface area contributed by atoms with Crippen molar-refractivity contribution in [3.8, 4) is 6.07 Å². The van der Waals surface area contributed by atoms with Gasteiger partial charge in [-0.1, -0.05) is 28.1 Å². The van der Waals surface area contributed by atoms with E-state index in [4.69, 9.17) is 0 Å². The maximum absolute atomic E-state index is 12.7. The second-order valence-corrected chi connectivity index (χ2v) is 8.21. The van der Waals surface area contributed by atoms with E-state index in [0.717, 1.165) is 6.08 Å². The number of nitro benzene ring substituents is 1. The number of hydrogen-bond donors (Lipinski definition) is 0. The Bertz CT molecular complexity index is 995. The van der Waals surface area contributed by atoms with Gasteiger partial charge in [-0.25, -0.2) is 8.42 Å². The molecule has 2 rings (SSSR count). The molecule has 0 amide bonds. The Morgan fingerprint density at radius 1 is 1.21 bits per heavy atom. The third kappa shape index (κ3) is 3.90. The van der Waals surface area contributed by atoms with Crippen LogP contribution in [0.25, 0.3) is 6.08 Å². The summed E-state index contributed by atoms with van der Waals surface area (Å²) in [5, 5.41) is 20.1. The van der Waals surface area contributed by atoms with Gasteiger partial charge in [0.25, 0.3) is 5.69 Å². The number of nitro groups is 1. The van der Waals surface area contributed by atoms with Crippen LogP contribution in [0.2, 0.25) is 0 Å². The molecule has 0 fully saturated rings. The normalized spacial score (nSPS) is 11.8. The topological polar surface area (TPSA) is 101 Å². The molecule has 0 spiro atoms. The average molecular weight is 472 g/mol. The van der Waals surface area contributed by atoms with E-state index in [-0.39, 0.29) is 16.1 Å². The summed E-state index contributed by atoms with van der Waals surface area (Å²) in [5.41, 5.74) is 0.0533. The molecule has 6 nitrogen and oxygen atoms in total. The number of allylic oxidation sites excluding steroid dienone is 1. The zero-order chi connectivity index (χ0) is 17.9. The number of halogens is 2. The van der Waals surface area contributed by atoms with Gasteiger partial charge < -0.3 is 0 Å². The first-order valence-corrected chi connectivity index (χ1v) is 9.39. The molecule has 0 N–H and O–H groups in total. The summed E-state index contributed by atoms with van der Waals surface area (Å²) in [5.74, 6) is 0. The molecule has 122 valence electrons. The molecule has 0 unspecified atom stereocenters. The lowest BCUT2D eigenvalue weighted by atomic mass is 10.2. The summed E-state index contributed by atoms with van der Waals surface area (Å²) in [6.45, 7) is 0. The first-order valence-electron chi connectivity index (χ1n) is 6.32. The van der Waals surface area contributed by atoms with Crippen LogP contribution < -0.4 is 0 Å². The van der Waals surface area contributed by atoms with Gasteiger partial charge in [0.2, 0.25) is 9.84 Å². The van der Waals surface area contributed by atoms with Crippen molar-refractivity contribution in [2.75, 3.05) is 0 Å². The summed E-state index contributed by atoms with van der Waals surface area (Å²) in [6.07, 6.45) is 1.11. The number of non-ortho nitro benzene ring substituents is 1. The van der Waals surface area contributed by atoms with Gasteiger partial charge in [0.05, 0.1) is 9.82 Å². The number of hydrogen-bond acceptors (Lipinski definition) is 5. The maximum Gasteiger partial charge on any atom is 0.270 e. The van der Waals surface area contributed by atoms with Crippen LogP contribution in [-0.2, 0) is 9.84 Å². The molecule has 0 aromatic heterocycles. The van der Waals surface area contributed by atoms with Gasteiger partial charge in [-0.15, -0.1) is 0 Å². The Morgan fingerprint density at radius 2 is 1.92 bits per heavy atom. The molecule has 0 aliphatic carbocycles. The number of rotatable bonds is 4. The van der Waals surface area contributed by atoms with Crippen LogP contribution >= 0.6 is 31.9 Å². The fourth-order valence-electron chi connectivity index (χ4n) is 1.85. The van der Waals surface area contributed by atoms with Crippen molar-refractivity contribution < 1.29 is 13.3 Å². The third-order valence-electron chi connectivity index (χ3n) is 2.96. The van der Waals surface area contributed by atoms with Crippen molar-refractivity contribution in [3.05, 3.63) is 72.0 Å². The van der Waals surface area contributed by atoms with Crippen LogP contribution in [-0.4, -0.2) is 13.3 Å². The fourth-order valence-corrected chi connectivity index (χ4v) is 4.50. The molecular weight excluding hydrogens is 464 g/mol. The minimum atomic E-state index is -4.08. The molecule has 0 aliphatic heterocycles. The van der Waals surface area contributed by atoms with Gasteiger partial charge in [-0.3, -0.25) is 10.1 Å². The summed E-state index contributed by atoms with van der Waals surface area (Å²) in [7, 11) is -4.08. The van der Waals surface area contributed by atoms with Gasteiger partial charge in [0.15, 0.2) is 0 Å². The predicted molar refractivity (Wildman–Crippen MR) is 95.7 cm³/mol. The van der Waals surface area contributed by atoms with E-state index < -0.39 is 19.7 Å². The van der Waals surface area contributed by atoms with E-state index in [2.05, 4.69) is 31.9 Å². The zero-order valence-corrected chi connectivity index (χ0v) is 15.8. The summed E-state index contributed by atoms with van der Waals surface area (Å²) in [4.78, 5) is 9.62. The predicted octanol–water partition coefficient (Wildman–Crippen LogP) is 4.46. The summed E-state index contributed by atoms with van der Waals surface area (Å²) >= 11 is 6.34. The number of nitrogens with zero attached hydrogens (tertiary/aromatic N) is 2. The third-order valence-corrected chi connectivity index (χ3v) is 6.11. The van der Waals surface area contributed by atoms with E-state index >= 15 is 0 Å². The lowest BCUT2D eigenvalue weighted by molar-refractivity contribution is -0.384. The van der Waals surface area contributed by atoms with Crippen molar-refractivity contribution in [2.24, 2.45) is 0 Å². The molecule has 0 heterocycles. The SMILES string of the molecule is N#C/C(=C\c1cccc([N+](=O)[O-])c1)S(=O)(=O)c1cc(Br)ccc1Br. The molecule has 0 bridgehead atoms. The van der Waals surface area contributed by atoms with Gasteiger partial charge in [-0.05, 0) is 45.8 Å². The second-order valence-electron chi connectivity index (χ2n) is 4.55. The van der Waals surface area contributed by atoms with E-state index in [9.17, 15) is 23.8 Å². The van der Waals surface area contributed by atoms with Crippen molar-refractivity contribution >= 4 is 53.5 Å². The van der Waals surface area contributed by atoms with Crippen molar-refractivity contribution in [2.45, 2.75) is 4.90 Å². The molecule has 0 radical (unpaired) electrons. The highest BCUT2D eigenvalue weighted by molar-refractivity contribution is 9.11. The minimum absolute atomic E-state index is 0.0740. The number of benzene rings is 2. The van der Waals surface area contributed by atoms with Gasteiger partial charge >= 0.3 is 0 Å². The van der Waals surface area contributed by atoms with Crippen LogP contribution in [0.5, 0.6) is 0 Å². The van der Waals surface area contributed by atoms with Crippen molar-refractivity contribution in [3.63, 3.8) is 0 Å². The maximum atomic E-state index is 12.7. The van der Waals surface area contributed by atoms with Crippen LogP contribution in [0.1, 0.15) is 5.56 Å². The van der Waals surface area contributed by atoms with Crippen molar-refractivity contribution in [1.29, 1.82) is 5.26 Å². The fraction of sp³-hybridized carbons (Fsp3) is 0. The Kier molecular flexibility index (Phi) is 5.54. The zero-order valence-electron chi connectivity index (χ0n) is 11.8. The van der Waals surface area contributed by atoms with Gasteiger partial charge in [0.1, 0.15) is 11.0 Å². The Balaban J connectivity index is 2.59. The molecular formula is C15H8Br2N2O4S. The lowest BCUT2D eigenvalue weighted by Gasteiger charge is -2.06. The first kappa shape index (κ1) is 18.3. The smallest absolute Gasteiger partial charge is 0.258 e. The van der Waals surface area contributed by atoms with Crippen LogP contribution in [0.3, 0.4) is 0 Å². The molecule has 0 saturated heterocycles. The summed E-state index contributed by atoms with van der Waals surface area (Å²) in [6, 6.07) is 11.6. The second kappa shape index (κ2) is 7.25. The molecule has 0 saturated carbocycles. The van der Waals surface area contributed by atoms with Crippen molar-refractivity contribution in [1.82, 2.24) is 0 Å². The Morgan fingerprint density at radius 3 is 2.54 bits per heavy atom. The monoisotopic (exact) mass is 470 g/mol. The minimum Gasteiger partial charge on any atom is -0.258 e. The molecule has 9 heteroatoms. The highest BCUT2D eigenvalue weighted by atomic mass is 79.9. The molecule has 24 heavy (non-hydrogen) atoms. The Labute approximate surface area is 154 Å². The highest BCUT2D eigenvalue weighted by Gasteiger charge is 2.24. The van der Waals surface area contributed by atoms with E-state index in [0.29, 0.717) is 8.95 Å². The molecule has 2 aromatic rings. The molecule has 2 aromatic carbocycles. The number of nitriles is 1. The quantitative estimate of drug-likeness (QED) is 0.372. The van der Waals surface area contributed by atoms with E-state index in [1.807, 2.05) is 0 Å². The van der Waals surface area contributed by atoms with E-state index in [1.54, 1.807) is 18.2 Å². The number of sulfone groups is 1. The van der Waals surface area contributed by atoms with E-state index in [1.165, 1.54) is 30.3 Å². The first-order chi connectivity index (χ1) is 11.3. The average Bonchev–Trinajstić information content (AvgIpc) is 2.54. The lowest BCUT2D eigenvalue weighted by Crippen LogP contribution is -2.04. The highest BCUT2D eigenvalue weighted by Crippen LogP contribution is 2.30. The van der Waals surface area contributed by atoms with Gasteiger partial charge in [-0.2, -0.15) is 5.26 Å². The molecule has 0 aliphatic rings. The largest absolute Gasteiger partial charge is 0.270 e.